The third-order valence-electron chi connectivity index (χ3n) is 6.19. The summed E-state index contributed by atoms with van der Waals surface area (Å²) in [4.78, 5) is 9.36. The molecule has 5 rings (SSSR count). The first kappa shape index (κ1) is 21.9. The van der Waals surface area contributed by atoms with Gasteiger partial charge in [-0.2, -0.15) is 0 Å². The molecule has 2 heterocycles. The minimum atomic E-state index is -0.435. The minimum absolute atomic E-state index is 0.110. The van der Waals surface area contributed by atoms with Gasteiger partial charge in [-0.25, -0.2) is 14.4 Å². The van der Waals surface area contributed by atoms with Crippen LogP contribution in [0.15, 0.2) is 48.8 Å². The van der Waals surface area contributed by atoms with E-state index in [0.29, 0.717) is 11.6 Å². The second kappa shape index (κ2) is 9.49. The van der Waals surface area contributed by atoms with Gasteiger partial charge in [-0.15, -0.1) is 0 Å². The molecule has 170 valence electrons. The number of nitrogens with one attached hydrogen (secondary N) is 1. The van der Waals surface area contributed by atoms with Crippen molar-refractivity contribution in [2.45, 2.75) is 31.8 Å². The van der Waals surface area contributed by atoms with E-state index >= 15 is 0 Å². The van der Waals surface area contributed by atoms with E-state index in [0.717, 1.165) is 72.4 Å². The number of hydrogen-bond acceptors (Lipinski definition) is 5. The number of aromatic nitrogens is 2. The van der Waals surface area contributed by atoms with Crippen molar-refractivity contribution in [1.82, 2.24) is 15.3 Å². The van der Waals surface area contributed by atoms with Crippen molar-refractivity contribution < 1.29 is 13.9 Å². The molecule has 7 heteroatoms. The number of benzene rings is 2. The molecule has 0 bridgehead atoms. The van der Waals surface area contributed by atoms with Gasteiger partial charge in [0.25, 0.3) is 0 Å². The normalized spacial score (nSPS) is 18.1. The van der Waals surface area contributed by atoms with E-state index in [9.17, 15) is 4.39 Å². The summed E-state index contributed by atoms with van der Waals surface area (Å²) in [6.07, 6.45) is 7.11. The van der Waals surface area contributed by atoms with Crippen molar-refractivity contribution in [2.75, 3.05) is 20.2 Å². The van der Waals surface area contributed by atoms with Gasteiger partial charge in [0.15, 0.2) is 11.6 Å². The monoisotopic (exact) mass is 465 g/mol. The standard InChI is InChI=1S/C26H25ClFN3O2/c1-32-18-6-7-22-16(11-18)3-2-4-21(17-5-8-23(27)24(28)12-17)25(22)26-30-14-20(15-31-26)33-19-9-10-29-13-19/h5-8,11-12,14-15,19,29H,2-4,9-10,13H2,1H3. The first-order chi connectivity index (χ1) is 16.1. The summed E-state index contributed by atoms with van der Waals surface area (Å²) in [6.45, 7) is 1.78. The van der Waals surface area contributed by atoms with E-state index in [1.807, 2.05) is 18.2 Å². The molecule has 1 aliphatic carbocycles. The molecule has 1 unspecified atom stereocenters. The van der Waals surface area contributed by atoms with Crippen molar-refractivity contribution in [2.24, 2.45) is 0 Å². The van der Waals surface area contributed by atoms with Crippen molar-refractivity contribution in [1.29, 1.82) is 0 Å². The Labute approximate surface area is 197 Å². The smallest absolute Gasteiger partial charge is 0.160 e. The number of halogens is 2. The Balaban J connectivity index is 1.62. The zero-order valence-corrected chi connectivity index (χ0v) is 19.2. The van der Waals surface area contributed by atoms with Gasteiger partial charge in [0, 0.05) is 12.1 Å². The summed E-state index contributed by atoms with van der Waals surface area (Å²) in [5.74, 6) is 1.61. The second-order valence-electron chi connectivity index (χ2n) is 8.33. The Morgan fingerprint density at radius 2 is 1.91 bits per heavy atom. The van der Waals surface area contributed by atoms with Crippen LogP contribution in [-0.2, 0) is 6.42 Å². The maximum atomic E-state index is 14.4. The number of nitrogens with zero attached hydrogens (tertiary/aromatic N) is 2. The molecule has 2 aromatic carbocycles. The highest BCUT2D eigenvalue weighted by atomic mass is 35.5. The Morgan fingerprint density at radius 1 is 1.06 bits per heavy atom. The Kier molecular flexibility index (Phi) is 6.29. The van der Waals surface area contributed by atoms with Gasteiger partial charge in [0.05, 0.1) is 24.5 Å². The van der Waals surface area contributed by atoms with Crippen LogP contribution in [-0.4, -0.2) is 36.3 Å². The highest BCUT2D eigenvalue weighted by Gasteiger charge is 2.23. The summed E-state index contributed by atoms with van der Waals surface area (Å²) in [6, 6.07) is 11.0. The van der Waals surface area contributed by atoms with Gasteiger partial charge >= 0.3 is 0 Å². The zero-order valence-electron chi connectivity index (χ0n) is 18.4. The van der Waals surface area contributed by atoms with E-state index in [1.54, 1.807) is 25.6 Å². The van der Waals surface area contributed by atoms with Gasteiger partial charge in [-0.1, -0.05) is 23.7 Å². The Hall–Kier alpha value is -2.96. The Bertz CT molecular complexity index is 1190. The molecule has 33 heavy (non-hydrogen) atoms. The van der Waals surface area contributed by atoms with Crippen LogP contribution >= 0.6 is 11.6 Å². The highest BCUT2D eigenvalue weighted by Crippen LogP contribution is 2.40. The van der Waals surface area contributed by atoms with Crippen LogP contribution in [0.5, 0.6) is 11.5 Å². The average Bonchev–Trinajstić information content (AvgIpc) is 3.27. The topological polar surface area (TPSA) is 56.3 Å². The van der Waals surface area contributed by atoms with Gasteiger partial charge in [0.1, 0.15) is 17.7 Å². The number of allylic oxidation sites excluding steroid dienone is 1. The summed E-state index contributed by atoms with van der Waals surface area (Å²) < 4.78 is 25.8. The number of rotatable bonds is 5. The fraction of sp³-hybridized carbons (Fsp3) is 0.308. The van der Waals surface area contributed by atoms with E-state index < -0.39 is 5.82 Å². The van der Waals surface area contributed by atoms with Crippen molar-refractivity contribution >= 4 is 22.7 Å². The maximum absolute atomic E-state index is 14.4. The zero-order chi connectivity index (χ0) is 22.8. The van der Waals surface area contributed by atoms with E-state index in [4.69, 9.17) is 21.1 Å². The van der Waals surface area contributed by atoms with Crippen molar-refractivity contribution in [3.05, 3.63) is 82.1 Å². The van der Waals surface area contributed by atoms with Gasteiger partial charge in [0.2, 0.25) is 0 Å². The summed E-state index contributed by atoms with van der Waals surface area (Å²) in [5, 5.41) is 3.40. The third kappa shape index (κ3) is 4.59. The molecule has 5 nitrogen and oxygen atoms in total. The van der Waals surface area contributed by atoms with Crippen LogP contribution < -0.4 is 14.8 Å². The lowest BCUT2D eigenvalue weighted by atomic mass is 9.91. The first-order valence-corrected chi connectivity index (χ1v) is 11.6. The Morgan fingerprint density at radius 3 is 2.64 bits per heavy atom. The van der Waals surface area contributed by atoms with Crippen molar-refractivity contribution in [3.63, 3.8) is 0 Å². The highest BCUT2D eigenvalue weighted by molar-refractivity contribution is 6.30. The maximum Gasteiger partial charge on any atom is 0.160 e. The lowest BCUT2D eigenvalue weighted by molar-refractivity contribution is 0.221. The van der Waals surface area contributed by atoms with Crippen LogP contribution in [0, 0.1) is 5.82 Å². The molecule has 1 atom stereocenters. The molecule has 1 N–H and O–H groups in total. The number of methoxy groups -OCH3 is 1. The molecule has 1 aromatic heterocycles. The minimum Gasteiger partial charge on any atom is -0.497 e. The first-order valence-electron chi connectivity index (χ1n) is 11.2. The number of ether oxygens (including phenoxy) is 2. The van der Waals surface area contributed by atoms with Crippen molar-refractivity contribution in [3.8, 4) is 11.5 Å². The molecule has 0 radical (unpaired) electrons. The van der Waals surface area contributed by atoms with E-state index in [2.05, 4.69) is 21.4 Å². The molecule has 3 aromatic rings. The third-order valence-corrected chi connectivity index (χ3v) is 6.50. The molecular weight excluding hydrogens is 441 g/mol. The molecule has 1 aliphatic heterocycles. The lowest BCUT2D eigenvalue weighted by Gasteiger charge is -2.17. The predicted molar refractivity (Wildman–Crippen MR) is 127 cm³/mol. The quantitative estimate of drug-likeness (QED) is 0.553. The molecule has 1 saturated heterocycles. The fourth-order valence-corrected chi connectivity index (χ4v) is 4.66. The van der Waals surface area contributed by atoms with E-state index in [1.165, 1.54) is 6.07 Å². The summed E-state index contributed by atoms with van der Waals surface area (Å²) in [7, 11) is 1.67. The molecule has 1 fully saturated rings. The summed E-state index contributed by atoms with van der Waals surface area (Å²) >= 11 is 5.96. The van der Waals surface area contributed by atoms with Gasteiger partial charge in [-0.05, 0) is 78.8 Å². The van der Waals surface area contributed by atoms with Crippen LogP contribution in [0.2, 0.25) is 5.02 Å². The van der Waals surface area contributed by atoms with Crippen LogP contribution in [0.1, 0.15) is 41.8 Å². The van der Waals surface area contributed by atoms with Crippen LogP contribution in [0.3, 0.4) is 0 Å². The second-order valence-corrected chi connectivity index (χ2v) is 8.74. The number of hydrogen-bond donors (Lipinski definition) is 1. The van der Waals surface area contributed by atoms with Gasteiger partial charge in [-0.3, -0.25) is 0 Å². The average molecular weight is 466 g/mol. The predicted octanol–water partition coefficient (Wildman–Crippen LogP) is 5.31. The van der Waals surface area contributed by atoms with E-state index in [-0.39, 0.29) is 11.1 Å². The summed E-state index contributed by atoms with van der Waals surface area (Å²) in [5.41, 5.74) is 4.89. The molecule has 0 amide bonds. The van der Waals surface area contributed by atoms with Gasteiger partial charge < -0.3 is 14.8 Å². The fourth-order valence-electron chi connectivity index (χ4n) is 4.55. The molecular formula is C26H25ClFN3O2. The van der Waals surface area contributed by atoms with Crippen LogP contribution in [0.4, 0.5) is 4.39 Å². The number of fused-ring (bicyclic) bond motifs is 1. The molecule has 0 spiro atoms. The van der Waals surface area contributed by atoms with Crippen LogP contribution in [0.25, 0.3) is 11.1 Å². The number of aryl methyl sites for hydroxylation is 1. The lowest BCUT2D eigenvalue weighted by Crippen LogP contribution is -2.19. The largest absolute Gasteiger partial charge is 0.497 e. The molecule has 0 saturated carbocycles. The molecule has 2 aliphatic rings. The SMILES string of the molecule is COc1ccc2c(c1)CCCC(c1ccc(Cl)c(F)c1)=C2c1ncc(OC2CCNC2)cn1.